The summed E-state index contributed by atoms with van der Waals surface area (Å²) in [5, 5.41) is 15.6. The summed E-state index contributed by atoms with van der Waals surface area (Å²) in [6, 6.07) is 5.98. The molecule has 0 unspecified atom stereocenters. The molecule has 0 saturated carbocycles. The maximum Gasteiger partial charge on any atom is 0.343 e. The van der Waals surface area contributed by atoms with Crippen molar-refractivity contribution in [3.05, 3.63) is 73.9 Å². The van der Waals surface area contributed by atoms with Crippen molar-refractivity contribution in [1.29, 1.82) is 0 Å². The molecule has 0 N–H and O–H groups in total. The third-order valence-electron chi connectivity index (χ3n) is 4.82. The minimum Gasteiger partial charge on any atom is -0.462 e. The van der Waals surface area contributed by atoms with Gasteiger partial charge in [0.2, 0.25) is 0 Å². The average Bonchev–Trinajstić information content (AvgIpc) is 3.05. The molecular weight excluding hydrogens is 390 g/mol. The number of hydrogen-bond donors (Lipinski definition) is 0. The van der Waals surface area contributed by atoms with E-state index in [2.05, 4.69) is 10.1 Å². The molecule has 10 heteroatoms. The van der Waals surface area contributed by atoms with E-state index in [-0.39, 0.29) is 23.4 Å². The van der Waals surface area contributed by atoms with Crippen molar-refractivity contribution in [2.24, 2.45) is 0 Å². The van der Waals surface area contributed by atoms with E-state index in [4.69, 9.17) is 4.74 Å². The number of nitro groups is 1. The lowest BCUT2D eigenvalue weighted by molar-refractivity contribution is -0.384. The fourth-order valence-electron chi connectivity index (χ4n) is 3.43. The van der Waals surface area contributed by atoms with E-state index in [1.165, 1.54) is 33.5 Å². The van der Waals surface area contributed by atoms with Gasteiger partial charge in [0.25, 0.3) is 11.2 Å². The van der Waals surface area contributed by atoms with Crippen LogP contribution < -0.4 is 5.56 Å². The van der Waals surface area contributed by atoms with Gasteiger partial charge in [0, 0.05) is 24.5 Å². The molecule has 0 atom stereocenters. The van der Waals surface area contributed by atoms with Gasteiger partial charge in [-0.25, -0.2) is 14.3 Å². The zero-order valence-corrected chi connectivity index (χ0v) is 16.4. The third kappa shape index (κ3) is 2.89. The van der Waals surface area contributed by atoms with Crippen LogP contribution >= 0.6 is 0 Å². The molecule has 0 saturated heterocycles. The van der Waals surface area contributed by atoms with Crippen LogP contribution in [0.5, 0.6) is 0 Å². The number of ether oxygens (including phenoxy) is 1. The van der Waals surface area contributed by atoms with Gasteiger partial charge in [0.05, 0.1) is 33.8 Å². The van der Waals surface area contributed by atoms with Crippen LogP contribution in [0.1, 0.15) is 28.5 Å². The smallest absolute Gasteiger partial charge is 0.343 e. The predicted octanol–water partition coefficient (Wildman–Crippen LogP) is 2.74. The molecule has 10 nitrogen and oxygen atoms in total. The SMILES string of the molecule is CCOC(=O)c1c(C)nn2c1ncc1c(=O)n(-c3ccc([N+](=O)[O-])cc3C)ccc12. The van der Waals surface area contributed by atoms with Crippen LogP contribution in [0, 0.1) is 24.0 Å². The van der Waals surface area contributed by atoms with Crippen molar-refractivity contribution in [2.75, 3.05) is 6.61 Å². The number of fused-ring (bicyclic) bond motifs is 3. The highest BCUT2D eigenvalue weighted by Crippen LogP contribution is 2.22. The van der Waals surface area contributed by atoms with Gasteiger partial charge in [-0.15, -0.1) is 0 Å². The first-order chi connectivity index (χ1) is 14.3. The van der Waals surface area contributed by atoms with Gasteiger partial charge in [-0.1, -0.05) is 0 Å². The second-order valence-corrected chi connectivity index (χ2v) is 6.69. The highest BCUT2D eigenvalue weighted by atomic mass is 16.6. The van der Waals surface area contributed by atoms with E-state index >= 15 is 0 Å². The Hall–Kier alpha value is -4.08. The molecule has 4 rings (SSSR count). The van der Waals surface area contributed by atoms with E-state index in [1.807, 2.05) is 0 Å². The minimum absolute atomic E-state index is 0.0491. The first kappa shape index (κ1) is 19.2. The molecule has 4 aromatic rings. The lowest BCUT2D eigenvalue weighted by Crippen LogP contribution is -2.19. The lowest BCUT2D eigenvalue weighted by Gasteiger charge is -2.10. The summed E-state index contributed by atoms with van der Waals surface area (Å²) in [5.74, 6) is -0.522. The van der Waals surface area contributed by atoms with Crippen LogP contribution in [0.2, 0.25) is 0 Å². The number of rotatable bonds is 4. The quantitative estimate of drug-likeness (QED) is 0.290. The standard InChI is InChI=1S/C20H17N5O5/c1-4-30-20(27)17-12(3)22-24-16-7-8-23(19(26)14(16)10-21-18(17)24)15-6-5-13(25(28)29)9-11(15)2/h5-10H,4H2,1-3H3. The number of nitrogens with zero attached hydrogens (tertiary/aromatic N) is 5. The maximum absolute atomic E-state index is 13.1. The average molecular weight is 407 g/mol. The van der Waals surface area contributed by atoms with Crippen LogP contribution in [-0.2, 0) is 4.74 Å². The van der Waals surface area contributed by atoms with E-state index in [0.717, 1.165) is 0 Å². The number of benzene rings is 1. The summed E-state index contributed by atoms with van der Waals surface area (Å²) in [5.41, 5.74) is 2.20. The van der Waals surface area contributed by atoms with Crippen LogP contribution in [0.15, 0.2) is 41.5 Å². The molecule has 0 aliphatic rings. The molecule has 152 valence electrons. The van der Waals surface area contributed by atoms with Crippen molar-refractivity contribution < 1.29 is 14.5 Å². The molecule has 0 bridgehead atoms. The fourth-order valence-corrected chi connectivity index (χ4v) is 3.43. The molecule has 3 aromatic heterocycles. The number of carbonyl (C=O) groups excluding carboxylic acids is 1. The van der Waals surface area contributed by atoms with Gasteiger partial charge in [-0.2, -0.15) is 5.10 Å². The van der Waals surface area contributed by atoms with Gasteiger partial charge >= 0.3 is 5.97 Å². The van der Waals surface area contributed by atoms with Crippen molar-refractivity contribution in [3.63, 3.8) is 0 Å². The molecule has 0 aliphatic heterocycles. The number of carbonyl (C=O) groups is 1. The van der Waals surface area contributed by atoms with Crippen molar-refractivity contribution >= 4 is 28.2 Å². The van der Waals surface area contributed by atoms with Crippen molar-refractivity contribution in [1.82, 2.24) is 19.2 Å². The largest absolute Gasteiger partial charge is 0.462 e. The van der Waals surface area contributed by atoms with Crippen molar-refractivity contribution in [3.8, 4) is 5.69 Å². The second kappa shape index (κ2) is 7.07. The molecule has 0 spiro atoms. The zero-order chi connectivity index (χ0) is 21.6. The Labute approximate surface area is 169 Å². The third-order valence-corrected chi connectivity index (χ3v) is 4.82. The Kier molecular flexibility index (Phi) is 4.53. The van der Waals surface area contributed by atoms with Crippen LogP contribution in [0.25, 0.3) is 22.2 Å². The first-order valence-corrected chi connectivity index (χ1v) is 9.15. The van der Waals surface area contributed by atoms with Crippen LogP contribution in [0.3, 0.4) is 0 Å². The Morgan fingerprint density at radius 3 is 2.70 bits per heavy atom. The molecular formula is C20H17N5O5. The summed E-state index contributed by atoms with van der Waals surface area (Å²) in [4.78, 5) is 40.2. The molecule has 1 aromatic carbocycles. The van der Waals surface area contributed by atoms with Crippen LogP contribution in [0.4, 0.5) is 5.69 Å². The summed E-state index contributed by atoms with van der Waals surface area (Å²) in [6.07, 6.45) is 2.97. The van der Waals surface area contributed by atoms with E-state index < -0.39 is 10.9 Å². The van der Waals surface area contributed by atoms with Crippen LogP contribution in [-0.4, -0.2) is 36.7 Å². The van der Waals surface area contributed by atoms with E-state index in [1.54, 1.807) is 33.0 Å². The Bertz CT molecular complexity index is 1400. The molecule has 0 aliphatic carbocycles. The molecule has 3 heterocycles. The lowest BCUT2D eigenvalue weighted by atomic mass is 10.1. The van der Waals surface area contributed by atoms with E-state index in [0.29, 0.717) is 33.5 Å². The van der Waals surface area contributed by atoms with Crippen molar-refractivity contribution in [2.45, 2.75) is 20.8 Å². The van der Waals surface area contributed by atoms with Gasteiger partial charge in [0.1, 0.15) is 5.56 Å². The summed E-state index contributed by atoms with van der Waals surface area (Å²) >= 11 is 0. The zero-order valence-electron chi connectivity index (χ0n) is 16.4. The Balaban J connectivity index is 1.93. The molecule has 30 heavy (non-hydrogen) atoms. The summed E-state index contributed by atoms with van der Waals surface area (Å²) < 4.78 is 7.93. The highest BCUT2D eigenvalue weighted by Gasteiger charge is 2.21. The monoisotopic (exact) mass is 407 g/mol. The number of aromatic nitrogens is 4. The number of non-ortho nitro benzene ring substituents is 1. The minimum atomic E-state index is -0.522. The second-order valence-electron chi connectivity index (χ2n) is 6.69. The molecule has 0 radical (unpaired) electrons. The predicted molar refractivity (Wildman–Crippen MR) is 108 cm³/mol. The van der Waals surface area contributed by atoms with Gasteiger partial charge in [-0.05, 0) is 38.5 Å². The summed E-state index contributed by atoms with van der Waals surface area (Å²) in [6.45, 7) is 5.31. The fraction of sp³-hybridized carbons (Fsp3) is 0.200. The maximum atomic E-state index is 13.1. The van der Waals surface area contributed by atoms with Gasteiger partial charge < -0.3 is 4.74 Å². The highest BCUT2D eigenvalue weighted by molar-refractivity contribution is 5.98. The number of pyridine rings is 1. The molecule has 0 fully saturated rings. The first-order valence-electron chi connectivity index (χ1n) is 9.15. The molecule has 0 amide bonds. The number of nitro benzene ring substituents is 1. The van der Waals surface area contributed by atoms with Gasteiger partial charge in [-0.3, -0.25) is 19.5 Å². The number of esters is 1. The number of aryl methyl sites for hydroxylation is 2. The van der Waals surface area contributed by atoms with Gasteiger partial charge in [0.15, 0.2) is 5.65 Å². The Morgan fingerprint density at radius 2 is 2.03 bits per heavy atom. The Morgan fingerprint density at radius 1 is 1.27 bits per heavy atom. The normalized spacial score (nSPS) is 11.2. The number of hydrogen-bond acceptors (Lipinski definition) is 7. The summed E-state index contributed by atoms with van der Waals surface area (Å²) in [7, 11) is 0. The topological polar surface area (TPSA) is 122 Å². The van der Waals surface area contributed by atoms with E-state index in [9.17, 15) is 19.7 Å².